The molecule has 0 radical (unpaired) electrons. The van der Waals surface area contributed by atoms with Crippen LogP contribution in [-0.4, -0.2) is 40.6 Å². The summed E-state index contributed by atoms with van der Waals surface area (Å²) >= 11 is 6.12. The summed E-state index contributed by atoms with van der Waals surface area (Å²) < 4.78 is 55.2. The summed E-state index contributed by atoms with van der Waals surface area (Å²) in [5, 5.41) is 13.8. The molecule has 0 spiro atoms. The minimum absolute atomic E-state index is 0.0351. The van der Waals surface area contributed by atoms with Crippen molar-refractivity contribution in [1.29, 1.82) is 0 Å². The Bertz CT molecular complexity index is 1300. The van der Waals surface area contributed by atoms with E-state index in [9.17, 15) is 22.4 Å². The Morgan fingerprint density at radius 3 is 2.34 bits per heavy atom. The first-order valence-corrected chi connectivity index (χ1v) is 9.14. The lowest BCUT2D eigenvalue weighted by molar-refractivity contribution is -0.143. The van der Waals surface area contributed by atoms with Crippen molar-refractivity contribution in [2.24, 2.45) is 0 Å². The molecule has 0 bridgehead atoms. The predicted octanol–water partition coefficient (Wildman–Crippen LogP) is 3.62. The van der Waals surface area contributed by atoms with Gasteiger partial charge in [0, 0.05) is 0 Å². The van der Waals surface area contributed by atoms with Crippen molar-refractivity contribution >= 4 is 23.2 Å². The van der Waals surface area contributed by atoms with E-state index in [0.717, 1.165) is 23.3 Å². The number of amides is 1. The van der Waals surface area contributed by atoms with Gasteiger partial charge in [0.2, 0.25) is 0 Å². The number of aromatic nitrogens is 7. The molecule has 9 nitrogen and oxygen atoms in total. The Morgan fingerprint density at radius 2 is 1.72 bits per heavy atom. The normalized spacial score (nSPS) is 11.6. The van der Waals surface area contributed by atoms with Crippen LogP contribution in [0.15, 0.2) is 43.1 Å². The second-order valence-electron chi connectivity index (χ2n) is 6.41. The monoisotopic (exact) mass is 466 g/mol. The molecule has 0 aromatic carbocycles. The van der Waals surface area contributed by atoms with E-state index in [0.29, 0.717) is 4.68 Å². The van der Waals surface area contributed by atoms with Crippen LogP contribution in [0.25, 0.3) is 11.6 Å². The number of carbonyl (C=O) groups excluding carboxylic acids is 1. The minimum atomic E-state index is -4.96. The zero-order chi connectivity index (χ0) is 23.0. The summed E-state index contributed by atoms with van der Waals surface area (Å²) in [7, 11) is 0. The van der Waals surface area contributed by atoms with Crippen LogP contribution in [0.4, 0.5) is 23.2 Å². The Balaban J connectivity index is 1.69. The van der Waals surface area contributed by atoms with Crippen LogP contribution in [-0.2, 0) is 6.18 Å². The molecule has 4 aromatic rings. The van der Waals surface area contributed by atoms with Crippen molar-refractivity contribution in [2.75, 3.05) is 5.32 Å². The number of nitrogens with zero attached hydrogens (tertiary/aromatic N) is 7. The van der Waals surface area contributed by atoms with Crippen molar-refractivity contribution < 1.29 is 22.4 Å². The lowest BCUT2D eigenvalue weighted by atomic mass is 10.2. The molecule has 4 rings (SSSR count). The molecule has 4 aromatic heterocycles. The summed E-state index contributed by atoms with van der Waals surface area (Å²) in [4.78, 5) is 21.5. The number of hydrogen-bond donors (Lipinski definition) is 1. The molecular formula is C18H11ClF4N8O. The highest BCUT2D eigenvalue weighted by molar-refractivity contribution is 6.32. The maximum atomic E-state index is 13.8. The maximum Gasteiger partial charge on any atom is 0.434 e. The third-order valence-corrected chi connectivity index (χ3v) is 4.47. The number of rotatable bonds is 4. The van der Waals surface area contributed by atoms with Gasteiger partial charge in [0.1, 0.15) is 5.82 Å². The fraction of sp³-hybridized carbons (Fsp3) is 0.111. The van der Waals surface area contributed by atoms with Gasteiger partial charge in [-0.1, -0.05) is 11.6 Å². The highest BCUT2D eigenvalue weighted by Gasteiger charge is 2.41. The van der Waals surface area contributed by atoms with Crippen LogP contribution >= 0.6 is 11.6 Å². The molecule has 164 valence electrons. The maximum absolute atomic E-state index is 13.8. The number of carbonyl (C=O) groups is 1. The molecule has 0 fully saturated rings. The number of pyridine rings is 2. The predicted molar refractivity (Wildman–Crippen MR) is 103 cm³/mol. The van der Waals surface area contributed by atoms with Gasteiger partial charge in [0.25, 0.3) is 5.91 Å². The molecule has 0 atom stereocenters. The van der Waals surface area contributed by atoms with Gasteiger partial charge in [0.05, 0.1) is 47.3 Å². The molecule has 14 heteroatoms. The molecule has 1 amide bonds. The van der Waals surface area contributed by atoms with Gasteiger partial charge in [-0.3, -0.25) is 4.79 Å². The van der Waals surface area contributed by atoms with Crippen LogP contribution < -0.4 is 5.32 Å². The second kappa shape index (κ2) is 8.00. The van der Waals surface area contributed by atoms with Crippen molar-refractivity contribution in [3.05, 3.63) is 70.8 Å². The van der Waals surface area contributed by atoms with E-state index < -0.39 is 29.2 Å². The molecule has 0 aliphatic rings. The van der Waals surface area contributed by atoms with Crippen molar-refractivity contribution in [2.45, 2.75) is 13.1 Å². The topological polar surface area (TPSA) is 103 Å². The van der Waals surface area contributed by atoms with Crippen LogP contribution in [0.3, 0.4) is 0 Å². The summed E-state index contributed by atoms with van der Waals surface area (Å²) in [5.41, 5.74) is -2.00. The standard InChI is InChI=1S/C18H11ClF4N8O/c1-9-4-10(20)6-24-15(9)30-14(18(21,22)23)12(8-28-30)17(32)29-11-5-13(19)16(25-7-11)31-26-2-3-27-31/h2-8H,1H3,(H,29,32). The molecule has 32 heavy (non-hydrogen) atoms. The smallest absolute Gasteiger partial charge is 0.320 e. The molecule has 0 saturated carbocycles. The summed E-state index contributed by atoms with van der Waals surface area (Å²) in [6.45, 7) is 1.37. The third kappa shape index (κ3) is 4.01. The number of anilines is 1. The van der Waals surface area contributed by atoms with E-state index >= 15 is 0 Å². The fourth-order valence-corrected chi connectivity index (χ4v) is 3.11. The highest BCUT2D eigenvalue weighted by Crippen LogP contribution is 2.34. The first kappa shape index (κ1) is 21.4. The van der Waals surface area contributed by atoms with Crippen LogP contribution in [0.5, 0.6) is 0 Å². The average molecular weight is 467 g/mol. The Hall–Kier alpha value is -3.87. The highest BCUT2D eigenvalue weighted by atomic mass is 35.5. The van der Waals surface area contributed by atoms with Gasteiger partial charge in [-0.2, -0.15) is 28.5 Å². The SMILES string of the molecule is Cc1cc(F)cnc1-n1ncc(C(=O)Nc2cnc(-n3nccn3)c(Cl)c2)c1C(F)(F)F. The quantitative estimate of drug-likeness (QED) is 0.461. The first-order valence-electron chi connectivity index (χ1n) is 8.76. The van der Waals surface area contributed by atoms with Gasteiger partial charge >= 0.3 is 6.18 Å². The zero-order valence-corrected chi connectivity index (χ0v) is 16.7. The number of hydrogen-bond acceptors (Lipinski definition) is 6. The molecular weight excluding hydrogens is 456 g/mol. The number of nitrogens with one attached hydrogen (secondary N) is 1. The van der Waals surface area contributed by atoms with E-state index in [1.54, 1.807) is 0 Å². The van der Waals surface area contributed by atoms with Crippen LogP contribution in [0.2, 0.25) is 5.02 Å². The van der Waals surface area contributed by atoms with Crippen LogP contribution in [0.1, 0.15) is 21.6 Å². The minimum Gasteiger partial charge on any atom is -0.320 e. The Kier molecular flexibility index (Phi) is 5.34. The number of alkyl halides is 3. The molecule has 4 heterocycles. The molecule has 0 aliphatic carbocycles. The molecule has 0 aliphatic heterocycles. The van der Waals surface area contributed by atoms with E-state index in [2.05, 4.69) is 30.6 Å². The van der Waals surface area contributed by atoms with Gasteiger partial charge in [-0.25, -0.2) is 19.0 Å². The first-order chi connectivity index (χ1) is 15.1. The molecule has 0 saturated heterocycles. The number of halogens is 5. The van der Waals surface area contributed by atoms with Gasteiger partial charge < -0.3 is 5.32 Å². The summed E-state index contributed by atoms with van der Waals surface area (Å²) in [5.74, 6) is -1.93. The van der Waals surface area contributed by atoms with Crippen molar-refractivity contribution in [1.82, 2.24) is 34.7 Å². The summed E-state index contributed by atoms with van der Waals surface area (Å²) in [6, 6.07) is 2.29. The zero-order valence-electron chi connectivity index (χ0n) is 16.0. The van der Waals surface area contributed by atoms with Crippen molar-refractivity contribution in [3.63, 3.8) is 0 Å². The van der Waals surface area contributed by atoms with Gasteiger partial charge in [-0.15, -0.1) is 4.80 Å². The average Bonchev–Trinajstić information content (AvgIpc) is 3.38. The largest absolute Gasteiger partial charge is 0.434 e. The van der Waals surface area contributed by atoms with Gasteiger partial charge in [0.15, 0.2) is 17.3 Å². The van der Waals surface area contributed by atoms with Crippen LogP contribution in [0, 0.1) is 12.7 Å². The number of aryl methyl sites for hydroxylation is 1. The summed E-state index contributed by atoms with van der Waals surface area (Å²) in [6.07, 6.45) is 0.541. The Morgan fingerprint density at radius 1 is 1.03 bits per heavy atom. The van der Waals surface area contributed by atoms with Crippen molar-refractivity contribution in [3.8, 4) is 11.6 Å². The van der Waals surface area contributed by atoms with E-state index in [4.69, 9.17) is 11.6 Å². The molecule has 0 unspecified atom stereocenters. The molecule has 1 N–H and O–H groups in total. The van der Waals surface area contributed by atoms with E-state index in [-0.39, 0.29) is 27.9 Å². The van der Waals surface area contributed by atoms with E-state index in [1.165, 1.54) is 31.6 Å². The Labute approximate surface area is 181 Å². The van der Waals surface area contributed by atoms with Gasteiger partial charge in [-0.05, 0) is 24.6 Å². The lowest BCUT2D eigenvalue weighted by Crippen LogP contribution is -2.21. The second-order valence-corrected chi connectivity index (χ2v) is 6.82. The fourth-order valence-electron chi connectivity index (χ4n) is 2.87. The van der Waals surface area contributed by atoms with E-state index in [1.807, 2.05) is 0 Å². The third-order valence-electron chi connectivity index (χ3n) is 4.19. The lowest BCUT2D eigenvalue weighted by Gasteiger charge is -2.13.